The number of rotatable bonds is 5. The number of terminal acetylenes is 1. The van der Waals surface area contributed by atoms with Gasteiger partial charge in [0, 0.05) is 12.5 Å². The second-order valence-electron chi connectivity index (χ2n) is 2.87. The molecule has 12 heavy (non-hydrogen) atoms. The summed E-state index contributed by atoms with van der Waals surface area (Å²) in [5, 5.41) is 3.11. The highest BCUT2D eigenvalue weighted by Crippen LogP contribution is 1.95. The average molecular weight is 168 g/mol. The van der Waals surface area contributed by atoms with Crippen molar-refractivity contribution in [1.82, 2.24) is 5.32 Å². The maximum atomic E-state index is 10.5. The van der Waals surface area contributed by atoms with Crippen LogP contribution in [0, 0.1) is 12.3 Å². The van der Waals surface area contributed by atoms with E-state index in [1.807, 2.05) is 13.8 Å². The zero-order valence-corrected chi connectivity index (χ0v) is 7.63. The molecule has 0 heterocycles. The van der Waals surface area contributed by atoms with Crippen LogP contribution in [0.1, 0.15) is 26.7 Å². The quantitative estimate of drug-likeness (QED) is 0.578. The molecular weight excluding hydrogens is 152 g/mol. The molecule has 0 radical (unpaired) electrons. The van der Waals surface area contributed by atoms with E-state index in [1.165, 1.54) is 0 Å². The van der Waals surface area contributed by atoms with Crippen LogP contribution in [-0.2, 0) is 4.79 Å². The lowest BCUT2D eigenvalue weighted by Crippen LogP contribution is -2.37. The molecule has 0 saturated carbocycles. The summed E-state index contributed by atoms with van der Waals surface area (Å²) in [5.74, 6) is 2.29. The lowest BCUT2D eigenvalue weighted by Gasteiger charge is -2.16. The third-order valence-electron chi connectivity index (χ3n) is 1.60. The summed E-state index contributed by atoms with van der Waals surface area (Å²) in [6.07, 6.45) is 6.43. The highest BCUT2D eigenvalue weighted by molar-refractivity contribution is 5.74. The van der Waals surface area contributed by atoms with Gasteiger partial charge >= 0.3 is 0 Å². The van der Waals surface area contributed by atoms with Crippen molar-refractivity contribution in [2.45, 2.75) is 38.8 Å². The first kappa shape index (κ1) is 11.0. The molecule has 3 nitrogen and oxygen atoms in total. The van der Waals surface area contributed by atoms with E-state index >= 15 is 0 Å². The second-order valence-corrected chi connectivity index (χ2v) is 2.87. The first-order chi connectivity index (χ1) is 5.60. The molecule has 0 bridgehead atoms. The zero-order chi connectivity index (χ0) is 9.56. The highest BCUT2D eigenvalue weighted by atomic mass is 16.1. The van der Waals surface area contributed by atoms with Gasteiger partial charge in [0.15, 0.2) is 0 Å². The molecule has 0 aromatic carbocycles. The van der Waals surface area contributed by atoms with Crippen molar-refractivity contribution < 1.29 is 4.79 Å². The Kier molecular flexibility index (Phi) is 5.14. The van der Waals surface area contributed by atoms with E-state index in [2.05, 4.69) is 11.2 Å². The molecule has 0 saturated heterocycles. The van der Waals surface area contributed by atoms with E-state index in [1.54, 1.807) is 0 Å². The molecule has 0 aromatic rings. The Balaban J connectivity index is 3.75. The molecule has 0 rings (SSSR count). The van der Waals surface area contributed by atoms with Gasteiger partial charge in [0.1, 0.15) is 0 Å². The minimum atomic E-state index is -0.304. The van der Waals surface area contributed by atoms with Gasteiger partial charge in [-0.2, -0.15) is 0 Å². The SMILES string of the molecule is C#CC(CC)NC(C)CC(N)=O. The van der Waals surface area contributed by atoms with Gasteiger partial charge in [0.05, 0.1) is 6.04 Å². The zero-order valence-electron chi connectivity index (χ0n) is 7.63. The maximum absolute atomic E-state index is 10.5. The van der Waals surface area contributed by atoms with Crippen LogP contribution in [0.4, 0.5) is 0 Å². The second kappa shape index (κ2) is 5.62. The fraction of sp³-hybridized carbons (Fsp3) is 0.667. The molecule has 0 aliphatic carbocycles. The van der Waals surface area contributed by atoms with Gasteiger partial charge in [-0.15, -0.1) is 6.42 Å². The average Bonchev–Trinajstić information content (AvgIpc) is 1.98. The van der Waals surface area contributed by atoms with Crippen molar-refractivity contribution in [2.24, 2.45) is 5.73 Å². The van der Waals surface area contributed by atoms with Crippen molar-refractivity contribution in [3.8, 4) is 12.3 Å². The van der Waals surface area contributed by atoms with E-state index < -0.39 is 0 Å². The van der Waals surface area contributed by atoms with Gasteiger partial charge < -0.3 is 11.1 Å². The minimum absolute atomic E-state index is 0.0411. The number of hydrogen-bond acceptors (Lipinski definition) is 2. The Morgan fingerprint density at radius 3 is 2.67 bits per heavy atom. The number of carbonyl (C=O) groups is 1. The molecular formula is C9H16N2O. The number of primary amides is 1. The highest BCUT2D eigenvalue weighted by Gasteiger charge is 2.09. The van der Waals surface area contributed by atoms with Crippen molar-refractivity contribution in [2.75, 3.05) is 0 Å². The van der Waals surface area contributed by atoms with Crippen LogP contribution >= 0.6 is 0 Å². The molecule has 0 aliphatic rings. The Hall–Kier alpha value is -1.01. The third-order valence-corrected chi connectivity index (χ3v) is 1.60. The summed E-state index contributed by atoms with van der Waals surface area (Å²) in [7, 11) is 0. The number of nitrogens with one attached hydrogen (secondary N) is 1. The summed E-state index contributed by atoms with van der Waals surface area (Å²) >= 11 is 0. The van der Waals surface area contributed by atoms with Crippen molar-refractivity contribution in [1.29, 1.82) is 0 Å². The fourth-order valence-electron chi connectivity index (χ4n) is 0.988. The lowest BCUT2D eigenvalue weighted by molar-refractivity contribution is -0.118. The predicted molar refractivity (Wildman–Crippen MR) is 49.3 cm³/mol. The molecule has 3 heteroatoms. The van der Waals surface area contributed by atoms with Gasteiger partial charge in [0.2, 0.25) is 5.91 Å². The first-order valence-corrected chi connectivity index (χ1v) is 4.10. The van der Waals surface area contributed by atoms with Gasteiger partial charge in [-0.3, -0.25) is 4.79 Å². The Morgan fingerprint density at radius 1 is 1.75 bits per heavy atom. The number of nitrogens with two attached hydrogens (primary N) is 1. The molecule has 0 aromatic heterocycles. The van der Waals surface area contributed by atoms with Gasteiger partial charge in [-0.05, 0) is 13.3 Å². The smallest absolute Gasteiger partial charge is 0.218 e. The third kappa shape index (κ3) is 4.75. The topological polar surface area (TPSA) is 55.1 Å². The summed E-state index contributed by atoms with van der Waals surface area (Å²) in [6, 6.07) is 0.0999. The van der Waals surface area contributed by atoms with Crippen LogP contribution in [-0.4, -0.2) is 18.0 Å². The minimum Gasteiger partial charge on any atom is -0.370 e. The standard InChI is InChI=1S/C9H16N2O/c1-4-8(5-2)11-7(3)6-9(10)12/h1,7-8,11H,5-6H2,2-3H3,(H2,10,12). The molecule has 3 N–H and O–H groups in total. The normalized spacial score (nSPS) is 14.8. The molecule has 0 fully saturated rings. The van der Waals surface area contributed by atoms with E-state index in [4.69, 9.17) is 12.2 Å². The van der Waals surface area contributed by atoms with E-state index in [-0.39, 0.29) is 18.0 Å². The molecule has 68 valence electrons. The molecule has 2 atom stereocenters. The molecule has 2 unspecified atom stereocenters. The first-order valence-electron chi connectivity index (χ1n) is 4.10. The number of carbonyl (C=O) groups excluding carboxylic acids is 1. The summed E-state index contributed by atoms with van der Waals surface area (Å²) < 4.78 is 0. The Morgan fingerprint density at radius 2 is 2.33 bits per heavy atom. The van der Waals surface area contributed by atoms with Crippen LogP contribution in [0.25, 0.3) is 0 Å². The van der Waals surface area contributed by atoms with Crippen LogP contribution in [0.5, 0.6) is 0 Å². The summed E-state index contributed by atoms with van der Waals surface area (Å²) in [6.45, 7) is 3.89. The molecule has 0 spiro atoms. The Bertz CT molecular complexity index is 183. The van der Waals surface area contributed by atoms with Crippen molar-refractivity contribution in [3.63, 3.8) is 0 Å². The Labute approximate surface area is 73.7 Å². The lowest BCUT2D eigenvalue weighted by atomic mass is 10.1. The van der Waals surface area contributed by atoms with Crippen LogP contribution in [0.15, 0.2) is 0 Å². The van der Waals surface area contributed by atoms with Gasteiger partial charge in [-0.1, -0.05) is 12.8 Å². The van der Waals surface area contributed by atoms with Crippen molar-refractivity contribution >= 4 is 5.91 Å². The van der Waals surface area contributed by atoms with Crippen LogP contribution in [0.2, 0.25) is 0 Å². The van der Waals surface area contributed by atoms with Gasteiger partial charge in [0.25, 0.3) is 0 Å². The van der Waals surface area contributed by atoms with Crippen LogP contribution in [0.3, 0.4) is 0 Å². The maximum Gasteiger partial charge on any atom is 0.218 e. The van der Waals surface area contributed by atoms with Gasteiger partial charge in [-0.25, -0.2) is 0 Å². The van der Waals surface area contributed by atoms with Crippen molar-refractivity contribution in [3.05, 3.63) is 0 Å². The molecule has 0 aliphatic heterocycles. The van der Waals surface area contributed by atoms with Crippen LogP contribution < -0.4 is 11.1 Å². The monoisotopic (exact) mass is 168 g/mol. The number of hydrogen-bond donors (Lipinski definition) is 2. The molecule has 1 amide bonds. The number of amides is 1. The summed E-state index contributed by atoms with van der Waals surface area (Å²) in [5.41, 5.74) is 5.02. The largest absolute Gasteiger partial charge is 0.370 e. The van der Waals surface area contributed by atoms with E-state index in [0.717, 1.165) is 6.42 Å². The fourth-order valence-corrected chi connectivity index (χ4v) is 0.988. The summed E-state index contributed by atoms with van der Waals surface area (Å²) in [4.78, 5) is 10.5. The van der Waals surface area contributed by atoms with E-state index in [9.17, 15) is 4.79 Å². The van der Waals surface area contributed by atoms with E-state index in [0.29, 0.717) is 6.42 Å². The predicted octanol–water partition coefficient (Wildman–Crippen LogP) is 0.252.